The zero-order valence-electron chi connectivity index (χ0n) is 14.4. The fraction of sp³-hybridized carbons (Fsp3) is 0.238. The van der Waals surface area contributed by atoms with Gasteiger partial charge < -0.3 is 9.12 Å². The fourth-order valence-electron chi connectivity index (χ4n) is 3.84. The molecule has 1 aliphatic rings. The van der Waals surface area contributed by atoms with Crippen molar-refractivity contribution in [3.8, 4) is 22.4 Å². The van der Waals surface area contributed by atoms with E-state index in [9.17, 15) is 8.94 Å². The van der Waals surface area contributed by atoms with Crippen LogP contribution in [0.4, 0.5) is 4.39 Å². The molecule has 1 aromatic heterocycles. The summed E-state index contributed by atoms with van der Waals surface area (Å²) in [6, 6.07) is 14.7. The number of rotatable bonds is 3. The van der Waals surface area contributed by atoms with E-state index < -0.39 is 11.2 Å². The molecular formula is C21H20FNOS. The van der Waals surface area contributed by atoms with E-state index in [0.29, 0.717) is 0 Å². The Kier molecular flexibility index (Phi) is 4.18. The van der Waals surface area contributed by atoms with Crippen molar-refractivity contribution in [2.75, 3.05) is 6.26 Å². The maximum atomic E-state index is 13.4. The van der Waals surface area contributed by atoms with Crippen molar-refractivity contribution in [3.63, 3.8) is 0 Å². The van der Waals surface area contributed by atoms with Crippen LogP contribution in [-0.4, -0.2) is 15.4 Å². The first-order chi connectivity index (χ1) is 12.1. The van der Waals surface area contributed by atoms with Gasteiger partial charge in [-0.05, 0) is 84.0 Å². The van der Waals surface area contributed by atoms with E-state index in [0.717, 1.165) is 35.4 Å². The van der Waals surface area contributed by atoms with Gasteiger partial charge in [0.2, 0.25) is 0 Å². The van der Waals surface area contributed by atoms with Gasteiger partial charge in [0.1, 0.15) is 12.1 Å². The fourth-order valence-corrected chi connectivity index (χ4v) is 4.36. The molecule has 2 heterocycles. The number of aromatic nitrogens is 1. The highest BCUT2D eigenvalue weighted by molar-refractivity contribution is 7.90. The second kappa shape index (κ2) is 6.36. The third-order valence-electron chi connectivity index (χ3n) is 5.03. The molecule has 0 radical (unpaired) electrons. The molecule has 0 fully saturated rings. The third kappa shape index (κ3) is 2.79. The minimum atomic E-state index is -0.980. The molecule has 0 bridgehead atoms. The van der Waals surface area contributed by atoms with Gasteiger partial charge in [0.25, 0.3) is 0 Å². The lowest BCUT2D eigenvalue weighted by atomic mass is 9.96. The van der Waals surface area contributed by atoms with E-state index in [1.165, 1.54) is 34.6 Å². The van der Waals surface area contributed by atoms with Crippen LogP contribution in [0.3, 0.4) is 0 Å². The topological polar surface area (TPSA) is 28.0 Å². The zero-order chi connectivity index (χ0) is 17.6. The summed E-state index contributed by atoms with van der Waals surface area (Å²) in [5.41, 5.74) is 7.17. The van der Waals surface area contributed by atoms with Crippen molar-refractivity contribution in [2.45, 2.75) is 31.2 Å². The third-order valence-corrected chi connectivity index (χ3v) is 5.96. The van der Waals surface area contributed by atoms with Crippen LogP contribution in [-0.2, 0) is 24.1 Å². The molecule has 0 saturated heterocycles. The smallest absolute Gasteiger partial charge is 0.152 e. The molecule has 25 heavy (non-hydrogen) atoms. The average Bonchev–Trinajstić information content (AvgIpc) is 3.18. The van der Waals surface area contributed by atoms with Crippen LogP contribution in [0.5, 0.6) is 0 Å². The molecule has 4 rings (SSSR count). The van der Waals surface area contributed by atoms with E-state index >= 15 is 0 Å². The number of fused-ring (bicyclic) bond motifs is 1. The van der Waals surface area contributed by atoms with Gasteiger partial charge in [0.05, 0.1) is 5.69 Å². The molecule has 2 aromatic carbocycles. The van der Waals surface area contributed by atoms with Crippen LogP contribution in [0.15, 0.2) is 53.4 Å². The van der Waals surface area contributed by atoms with Gasteiger partial charge in [-0.15, -0.1) is 0 Å². The maximum absolute atomic E-state index is 13.4. The number of nitrogens with zero attached hydrogens (tertiary/aromatic N) is 1. The van der Waals surface area contributed by atoms with Gasteiger partial charge in [-0.1, -0.05) is 12.1 Å². The largest absolute Gasteiger partial charge is 0.612 e. The number of hydrogen-bond acceptors (Lipinski definition) is 1. The minimum absolute atomic E-state index is 0.218. The highest BCUT2D eigenvalue weighted by atomic mass is 32.2. The highest BCUT2D eigenvalue weighted by Gasteiger charge is 2.25. The van der Waals surface area contributed by atoms with E-state index in [2.05, 4.69) is 11.5 Å². The Morgan fingerprint density at radius 2 is 1.64 bits per heavy atom. The van der Waals surface area contributed by atoms with Gasteiger partial charge in [0, 0.05) is 17.8 Å². The van der Waals surface area contributed by atoms with Crippen molar-refractivity contribution in [2.24, 2.45) is 0 Å². The van der Waals surface area contributed by atoms with Crippen molar-refractivity contribution in [1.29, 1.82) is 0 Å². The number of halogens is 1. The van der Waals surface area contributed by atoms with Gasteiger partial charge >= 0.3 is 0 Å². The molecule has 2 nitrogen and oxygen atoms in total. The van der Waals surface area contributed by atoms with E-state index in [1.807, 2.05) is 36.4 Å². The van der Waals surface area contributed by atoms with Crippen LogP contribution in [0.25, 0.3) is 22.4 Å². The monoisotopic (exact) mass is 353 g/mol. The first-order valence-corrected chi connectivity index (χ1v) is 10.0. The number of benzene rings is 2. The van der Waals surface area contributed by atoms with Gasteiger partial charge in [-0.2, -0.15) is 0 Å². The van der Waals surface area contributed by atoms with Gasteiger partial charge in [-0.25, -0.2) is 4.39 Å². The van der Waals surface area contributed by atoms with E-state index in [4.69, 9.17) is 0 Å². The summed E-state index contributed by atoms with van der Waals surface area (Å²) >= 11 is -0.980. The lowest BCUT2D eigenvalue weighted by molar-refractivity contribution is 0.601. The summed E-state index contributed by atoms with van der Waals surface area (Å²) in [6.07, 6.45) is 3.93. The molecule has 1 unspecified atom stereocenters. The molecule has 4 heteroatoms. The van der Waals surface area contributed by atoms with Gasteiger partial charge in [0.15, 0.2) is 4.90 Å². The molecule has 0 spiro atoms. The Morgan fingerprint density at radius 1 is 1.00 bits per heavy atom. The molecule has 0 saturated carbocycles. The molecule has 1 aliphatic heterocycles. The Bertz CT molecular complexity index is 911. The SMILES string of the molecule is Cc1c(-c2ccc(F)cc2)c(-c2ccc([S+](C)[O-])cc2)n2c1CCC2. The van der Waals surface area contributed by atoms with Crippen molar-refractivity contribution < 1.29 is 8.94 Å². The lowest BCUT2D eigenvalue weighted by Crippen LogP contribution is -1.99. The highest BCUT2D eigenvalue weighted by Crippen LogP contribution is 2.41. The molecule has 0 N–H and O–H groups in total. The Balaban J connectivity index is 1.91. The molecule has 1 atom stereocenters. The second-order valence-corrected chi connectivity index (χ2v) is 7.92. The summed E-state index contributed by atoms with van der Waals surface area (Å²) in [5, 5.41) is 0. The summed E-state index contributed by atoms with van der Waals surface area (Å²) in [4.78, 5) is 0.831. The van der Waals surface area contributed by atoms with Crippen LogP contribution >= 0.6 is 0 Å². The zero-order valence-corrected chi connectivity index (χ0v) is 15.2. The summed E-state index contributed by atoms with van der Waals surface area (Å²) in [7, 11) is 0. The molecule has 0 aliphatic carbocycles. The summed E-state index contributed by atoms with van der Waals surface area (Å²) in [6.45, 7) is 3.17. The summed E-state index contributed by atoms with van der Waals surface area (Å²) < 4.78 is 27.4. The van der Waals surface area contributed by atoms with Crippen molar-refractivity contribution >= 4 is 11.2 Å². The van der Waals surface area contributed by atoms with Crippen LogP contribution < -0.4 is 0 Å². The van der Waals surface area contributed by atoms with Crippen LogP contribution in [0.2, 0.25) is 0 Å². The Labute approximate surface area is 150 Å². The second-order valence-electron chi connectivity index (χ2n) is 6.54. The van der Waals surface area contributed by atoms with Crippen LogP contribution in [0, 0.1) is 12.7 Å². The lowest BCUT2D eigenvalue weighted by Gasteiger charge is -2.12. The molecule has 0 amide bonds. The summed E-state index contributed by atoms with van der Waals surface area (Å²) in [5.74, 6) is -0.218. The quantitative estimate of drug-likeness (QED) is 0.612. The predicted molar refractivity (Wildman–Crippen MR) is 101 cm³/mol. The Hall–Kier alpha value is -2.04. The van der Waals surface area contributed by atoms with Gasteiger partial charge in [-0.3, -0.25) is 0 Å². The normalized spacial score (nSPS) is 14.6. The van der Waals surface area contributed by atoms with Crippen molar-refractivity contribution in [3.05, 3.63) is 65.6 Å². The predicted octanol–water partition coefficient (Wildman–Crippen LogP) is 4.95. The van der Waals surface area contributed by atoms with Crippen molar-refractivity contribution in [1.82, 2.24) is 4.57 Å². The van der Waals surface area contributed by atoms with E-state index in [-0.39, 0.29) is 5.82 Å². The first-order valence-electron chi connectivity index (χ1n) is 8.48. The molecular weight excluding hydrogens is 333 g/mol. The van der Waals surface area contributed by atoms with Crippen LogP contribution in [0.1, 0.15) is 17.7 Å². The number of hydrogen-bond donors (Lipinski definition) is 0. The average molecular weight is 353 g/mol. The minimum Gasteiger partial charge on any atom is -0.612 e. The van der Waals surface area contributed by atoms with E-state index in [1.54, 1.807) is 6.26 Å². The maximum Gasteiger partial charge on any atom is 0.152 e. The standard InChI is InChI=1S/C21H20FNOS/c1-14-19-4-3-13-23(19)21(16-7-11-18(12-8-16)25(2)24)20(14)15-5-9-17(22)10-6-15/h5-12H,3-4,13H2,1-2H3. The first kappa shape index (κ1) is 16.4. The Morgan fingerprint density at radius 3 is 2.28 bits per heavy atom. The molecule has 128 valence electrons. The molecule has 3 aromatic rings.